The molecule has 2 aliphatic rings. The molecule has 5 rings (SSSR count). The lowest BCUT2D eigenvalue weighted by Crippen LogP contribution is -2.52. The number of ether oxygens (including phenoxy) is 1. The Kier molecular flexibility index (Phi) is 6.42. The molecular weight excluding hydrogens is 489 g/mol. The monoisotopic (exact) mass is 513 g/mol. The summed E-state index contributed by atoms with van der Waals surface area (Å²) in [5, 5.41) is 8.41. The Labute approximate surface area is 212 Å². The van der Waals surface area contributed by atoms with Gasteiger partial charge in [-0.1, -0.05) is 29.3 Å². The number of aromatic nitrogens is 2. The predicted octanol–water partition coefficient (Wildman–Crippen LogP) is 5.22. The molecule has 3 heterocycles. The molecule has 1 fully saturated rings. The first-order valence-corrected chi connectivity index (χ1v) is 12.4. The van der Waals surface area contributed by atoms with Crippen molar-refractivity contribution in [2.45, 2.75) is 50.7 Å². The summed E-state index contributed by atoms with van der Waals surface area (Å²) in [5.74, 6) is 0.174. The van der Waals surface area contributed by atoms with Gasteiger partial charge in [0.1, 0.15) is 17.1 Å². The average Bonchev–Trinajstić information content (AvgIpc) is 3.27. The van der Waals surface area contributed by atoms with Crippen LogP contribution in [0.1, 0.15) is 55.1 Å². The Bertz CT molecular complexity index is 1280. The molecule has 1 saturated carbocycles. The molecule has 35 heavy (non-hydrogen) atoms. The molecule has 1 spiro atoms. The molecule has 182 valence electrons. The molecule has 2 N–H and O–H groups in total. The molecule has 1 aliphatic carbocycles. The van der Waals surface area contributed by atoms with Crippen molar-refractivity contribution in [3.8, 4) is 0 Å². The van der Waals surface area contributed by atoms with Crippen LogP contribution in [0.25, 0.3) is 5.65 Å². The van der Waals surface area contributed by atoms with Crippen LogP contribution in [-0.4, -0.2) is 38.7 Å². The fraction of sp³-hybridized carbons (Fsp3) is 0.360. The molecule has 3 aromatic rings. The third-order valence-electron chi connectivity index (χ3n) is 6.74. The van der Waals surface area contributed by atoms with Gasteiger partial charge in [-0.3, -0.25) is 4.79 Å². The number of pyridine rings is 1. The van der Waals surface area contributed by atoms with Gasteiger partial charge in [0.25, 0.3) is 5.91 Å². The number of imidazole rings is 1. The lowest BCUT2D eigenvalue weighted by atomic mass is 9.73. The third-order valence-corrected chi connectivity index (χ3v) is 7.30. The normalized spacial score (nSPS) is 22.9. The Morgan fingerprint density at radius 1 is 1.29 bits per heavy atom. The first kappa shape index (κ1) is 23.6. The smallest absolute Gasteiger partial charge is 0.428 e. The van der Waals surface area contributed by atoms with Crippen molar-refractivity contribution in [2.75, 3.05) is 0 Å². The van der Waals surface area contributed by atoms with Gasteiger partial charge in [0, 0.05) is 34.0 Å². The van der Waals surface area contributed by atoms with Crippen molar-refractivity contribution in [1.29, 1.82) is 0 Å². The SMILES string of the molecule is C[C@@H](CC1CCC2(CC1)OC(=O)NN=C2c1cc(Cl)ccc1Cl)NC(=O)c1cn2ccccc2n1. The molecular formula is C25H25Cl2N5O3. The van der Waals surface area contributed by atoms with Gasteiger partial charge in [-0.05, 0) is 75.3 Å². The second-order valence-electron chi connectivity index (χ2n) is 9.23. The first-order valence-electron chi connectivity index (χ1n) is 11.6. The highest BCUT2D eigenvalue weighted by Gasteiger charge is 2.47. The second kappa shape index (κ2) is 9.51. The van der Waals surface area contributed by atoms with Crippen LogP contribution in [0.15, 0.2) is 53.9 Å². The first-order chi connectivity index (χ1) is 16.8. The van der Waals surface area contributed by atoms with E-state index in [4.69, 9.17) is 27.9 Å². The van der Waals surface area contributed by atoms with Crippen LogP contribution >= 0.6 is 23.2 Å². The molecule has 8 nitrogen and oxygen atoms in total. The predicted molar refractivity (Wildman–Crippen MR) is 134 cm³/mol. The molecule has 2 aromatic heterocycles. The standard InChI is InChI=1S/C25H25Cl2N5O3/c1-15(28-23(33)20-14-32-11-3-2-4-21(32)29-20)12-16-7-9-25(10-8-16)22(30-31-24(34)35-25)18-13-17(26)5-6-19(18)27/h2-6,11,13-16H,7-10,12H2,1H3,(H,28,33)(H,31,34)/t15-,16?,25?/m0/s1. The van der Waals surface area contributed by atoms with Crippen LogP contribution in [0.5, 0.6) is 0 Å². The van der Waals surface area contributed by atoms with Crippen LogP contribution in [0.3, 0.4) is 0 Å². The third kappa shape index (κ3) is 4.86. The minimum Gasteiger partial charge on any atom is -0.435 e. The molecule has 1 atom stereocenters. The zero-order chi connectivity index (χ0) is 24.6. The number of hydrogen-bond acceptors (Lipinski definition) is 5. The lowest BCUT2D eigenvalue weighted by molar-refractivity contribution is 0.0154. The maximum atomic E-state index is 12.7. The fourth-order valence-corrected chi connectivity index (χ4v) is 5.43. The van der Waals surface area contributed by atoms with Crippen LogP contribution in [0.2, 0.25) is 10.0 Å². The van der Waals surface area contributed by atoms with Gasteiger partial charge >= 0.3 is 6.09 Å². The number of rotatable bonds is 5. The van der Waals surface area contributed by atoms with Crippen LogP contribution < -0.4 is 10.7 Å². The van der Waals surface area contributed by atoms with Crippen molar-refractivity contribution >= 4 is 46.6 Å². The highest BCUT2D eigenvalue weighted by molar-refractivity contribution is 6.36. The van der Waals surface area contributed by atoms with Crippen molar-refractivity contribution < 1.29 is 14.3 Å². The van der Waals surface area contributed by atoms with Crippen LogP contribution in [0.4, 0.5) is 4.79 Å². The van der Waals surface area contributed by atoms with Crippen molar-refractivity contribution in [1.82, 2.24) is 20.1 Å². The molecule has 1 aliphatic heterocycles. The summed E-state index contributed by atoms with van der Waals surface area (Å²) >= 11 is 12.6. The van der Waals surface area contributed by atoms with Crippen molar-refractivity contribution in [3.63, 3.8) is 0 Å². The van der Waals surface area contributed by atoms with Gasteiger partial charge in [0.05, 0.1) is 0 Å². The molecule has 0 saturated heterocycles. The average molecular weight is 514 g/mol. The summed E-state index contributed by atoms with van der Waals surface area (Å²) in [6, 6.07) is 10.8. The van der Waals surface area contributed by atoms with Gasteiger partial charge in [-0.2, -0.15) is 5.10 Å². The van der Waals surface area contributed by atoms with Gasteiger partial charge in [-0.15, -0.1) is 0 Å². The maximum absolute atomic E-state index is 12.7. The van der Waals surface area contributed by atoms with Crippen molar-refractivity contribution in [2.24, 2.45) is 11.0 Å². The van der Waals surface area contributed by atoms with Gasteiger partial charge in [0.15, 0.2) is 5.60 Å². The molecule has 0 radical (unpaired) electrons. The number of nitrogens with one attached hydrogen (secondary N) is 2. The van der Waals surface area contributed by atoms with Gasteiger partial charge < -0.3 is 14.5 Å². The topological polar surface area (TPSA) is 97.1 Å². The zero-order valence-electron chi connectivity index (χ0n) is 19.1. The minimum atomic E-state index is -0.851. The summed E-state index contributed by atoms with van der Waals surface area (Å²) in [6.45, 7) is 2.00. The number of amides is 2. The summed E-state index contributed by atoms with van der Waals surface area (Å²) in [5.41, 5.74) is 3.94. The molecule has 10 heteroatoms. The largest absolute Gasteiger partial charge is 0.435 e. The maximum Gasteiger partial charge on any atom is 0.428 e. The quantitative estimate of drug-likeness (QED) is 0.488. The number of hydrogen-bond donors (Lipinski definition) is 2. The summed E-state index contributed by atoms with van der Waals surface area (Å²) < 4.78 is 7.64. The van der Waals surface area contributed by atoms with E-state index in [2.05, 4.69) is 20.8 Å². The Hall–Kier alpha value is -3.10. The van der Waals surface area contributed by atoms with E-state index >= 15 is 0 Å². The van der Waals surface area contributed by atoms with E-state index in [0.29, 0.717) is 45.8 Å². The Morgan fingerprint density at radius 3 is 2.86 bits per heavy atom. The molecule has 2 amide bonds. The minimum absolute atomic E-state index is 0.0301. The van der Waals surface area contributed by atoms with E-state index in [1.54, 1.807) is 24.4 Å². The van der Waals surface area contributed by atoms with E-state index < -0.39 is 11.7 Å². The number of hydrazone groups is 1. The highest BCUT2D eigenvalue weighted by Crippen LogP contribution is 2.41. The van der Waals surface area contributed by atoms with Gasteiger partial charge in [0.2, 0.25) is 0 Å². The molecule has 0 unspecified atom stereocenters. The number of carbonyl (C=O) groups excluding carboxylic acids is 2. The number of benzene rings is 1. The number of nitrogens with zero attached hydrogens (tertiary/aromatic N) is 3. The van der Waals surface area contributed by atoms with E-state index in [0.717, 1.165) is 24.9 Å². The second-order valence-corrected chi connectivity index (χ2v) is 10.1. The van der Waals surface area contributed by atoms with Gasteiger partial charge in [-0.25, -0.2) is 15.2 Å². The van der Waals surface area contributed by atoms with E-state index in [1.807, 2.05) is 35.7 Å². The molecule has 1 aromatic carbocycles. The van der Waals surface area contributed by atoms with Crippen LogP contribution in [0, 0.1) is 5.92 Å². The van der Waals surface area contributed by atoms with E-state index in [9.17, 15) is 9.59 Å². The van der Waals surface area contributed by atoms with E-state index in [-0.39, 0.29) is 11.9 Å². The lowest BCUT2D eigenvalue weighted by Gasteiger charge is -2.42. The molecule has 0 bridgehead atoms. The Morgan fingerprint density at radius 2 is 2.09 bits per heavy atom. The summed E-state index contributed by atoms with van der Waals surface area (Å²) in [7, 11) is 0. The van der Waals surface area contributed by atoms with Crippen molar-refractivity contribution in [3.05, 3.63) is 70.1 Å². The summed E-state index contributed by atoms with van der Waals surface area (Å²) in [6.07, 6.45) is 6.69. The number of fused-ring (bicyclic) bond motifs is 1. The zero-order valence-corrected chi connectivity index (χ0v) is 20.6. The Balaban J connectivity index is 1.23. The van der Waals surface area contributed by atoms with Crippen LogP contribution in [-0.2, 0) is 4.74 Å². The fourth-order valence-electron chi connectivity index (χ4n) is 5.06. The number of carbonyl (C=O) groups is 2. The number of halogens is 2. The van der Waals surface area contributed by atoms with E-state index in [1.165, 1.54) is 0 Å². The highest BCUT2D eigenvalue weighted by atomic mass is 35.5. The summed E-state index contributed by atoms with van der Waals surface area (Å²) in [4.78, 5) is 29.2.